The molecule has 1 heterocycles. The van der Waals surface area contributed by atoms with Crippen molar-refractivity contribution in [3.05, 3.63) is 66.0 Å². The number of nitrogens with zero attached hydrogens (tertiary/aromatic N) is 3. The van der Waals surface area contributed by atoms with Gasteiger partial charge in [0.05, 0.1) is 5.69 Å². The number of benzene rings is 2. The van der Waals surface area contributed by atoms with Crippen LogP contribution >= 0.6 is 0 Å². The Balaban J connectivity index is 2.29. The van der Waals surface area contributed by atoms with Gasteiger partial charge in [0, 0.05) is 57.2 Å². The second kappa shape index (κ2) is 6.49. The van der Waals surface area contributed by atoms with E-state index in [9.17, 15) is 5.11 Å². The Morgan fingerprint density at radius 3 is 2.21 bits per heavy atom. The molecule has 2 aromatic carbocycles. The molecule has 0 aliphatic heterocycles. The second-order valence-electron chi connectivity index (χ2n) is 6.35. The van der Waals surface area contributed by atoms with Gasteiger partial charge in [0.1, 0.15) is 6.10 Å². The summed E-state index contributed by atoms with van der Waals surface area (Å²) in [5.74, 6) is 0. The third-order valence-electron chi connectivity index (χ3n) is 4.27. The monoisotopic (exact) mass is 321 g/mol. The van der Waals surface area contributed by atoms with Crippen LogP contribution in [0.5, 0.6) is 0 Å². The molecule has 0 radical (unpaired) electrons. The number of hydrogen-bond acceptors (Lipinski definition) is 4. The normalized spacial score (nSPS) is 12.2. The maximum Gasteiger partial charge on any atom is 0.106 e. The van der Waals surface area contributed by atoms with Crippen molar-refractivity contribution in [2.45, 2.75) is 6.10 Å². The Morgan fingerprint density at radius 2 is 1.58 bits per heavy atom. The van der Waals surface area contributed by atoms with Gasteiger partial charge in [-0.15, -0.1) is 0 Å². The van der Waals surface area contributed by atoms with Crippen LogP contribution in [0.4, 0.5) is 11.4 Å². The molecule has 24 heavy (non-hydrogen) atoms. The minimum Gasteiger partial charge on any atom is -0.384 e. The number of aliphatic hydroxyl groups excluding tert-OH is 1. The minimum atomic E-state index is -0.690. The summed E-state index contributed by atoms with van der Waals surface area (Å²) in [5, 5.41) is 13.3. The van der Waals surface area contributed by atoms with Gasteiger partial charge in [-0.1, -0.05) is 24.3 Å². The lowest BCUT2D eigenvalue weighted by Crippen LogP contribution is -2.16. The maximum absolute atomic E-state index is 10.9. The van der Waals surface area contributed by atoms with Crippen LogP contribution in [0.3, 0.4) is 0 Å². The molecule has 0 saturated carbocycles. The molecule has 3 aromatic rings. The van der Waals surface area contributed by atoms with E-state index in [1.54, 1.807) is 12.4 Å². The van der Waals surface area contributed by atoms with E-state index in [4.69, 9.17) is 0 Å². The highest BCUT2D eigenvalue weighted by Gasteiger charge is 2.20. The maximum atomic E-state index is 10.9. The topological polar surface area (TPSA) is 39.6 Å². The highest BCUT2D eigenvalue weighted by atomic mass is 16.3. The van der Waals surface area contributed by atoms with E-state index in [1.165, 1.54) is 0 Å². The largest absolute Gasteiger partial charge is 0.384 e. The van der Waals surface area contributed by atoms with E-state index in [-0.39, 0.29) is 0 Å². The predicted octanol–water partition coefficient (Wildman–Crippen LogP) is 3.45. The SMILES string of the molecule is CN(C)c1cccc2ccc(C(O)c3ccncc3)c(N(C)C)c12. The average Bonchev–Trinajstić information content (AvgIpc) is 2.60. The van der Waals surface area contributed by atoms with E-state index in [0.717, 1.165) is 33.3 Å². The van der Waals surface area contributed by atoms with E-state index in [1.807, 2.05) is 46.4 Å². The van der Waals surface area contributed by atoms with Gasteiger partial charge in [-0.05, 0) is 29.1 Å². The molecule has 0 fully saturated rings. The molecule has 1 aromatic heterocycles. The molecule has 1 unspecified atom stereocenters. The van der Waals surface area contributed by atoms with Crippen LogP contribution in [-0.4, -0.2) is 38.3 Å². The van der Waals surface area contributed by atoms with Crippen LogP contribution < -0.4 is 9.80 Å². The summed E-state index contributed by atoms with van der Waals surface area (Å²) in [4.78, 5) is 8.23. The first-order valence-electron chi connectivity index (χ1n) is 7.99. The molecule has 0 spiro atoms. The van der Waals surface area contributed by atoms with Gasteiger partial charge >= 0.3 is 0 Å². The Hall–Kier alpha value is -2.59. The number of aromatic nitrogens is 1. The zero-order chi connectivity index (χ0) is 17.3. The highest BCUT2D eigenvalue weighted by molar-refractivity contribution is 6.05. The van der Waals surface area contributed by atoms with Crippen molar-refractivity contribution in [2.24, 2.45) is 0 Å². The number of aliphatic hydroxyl groups is 1. The molecule has 0 bridgehead atoms. The Morgan fingerprint density at radius 1 is 0.875 bits per heavy atom. The zero-order valence-electron chi connectivity index (χ0n) is 14.6. The van der Waals surface area contributed by atoms with E-state index in [2.05, 4.69) is 39.0 Å². The molecule has 1 N–H and O–H groups in total. The van der Waals surface area contributed by atoms with Gasteiger partial charge < -0.3 is 14.9 Å². The van der Waals surface area contributed by atoms with Gasteiger partial charge in [0.15, 0.2) is 0 Å². The Labute approximate surface area is 143 Å². The summed E-state index contributed by atoms with van der Waals surface area (Å²) >= 11 is 0. The summed E-state index contributed by atoms with van der Waals surface area (Å²) in [6.45, 7) is 0. The molecule has 1 atom stereocenters. The van der Waals surface area contributed by atoms with Gasteiger partial charge in [-0.2, -0.15) is 0 Å². The standard InChI is InChI=1S/C20H23N3O/c1-22(2)17-7-5-6-14-8-9-16(19(18(14)17)23(3)4)20(24)15-10-12-21-13-11-15/h5-13,20,24H,1-4H3. The molecule has 0 saturated heterocycles. The van der Waals surface area contributed by atoms with Crippen molar-refractivity contribution in [2.75, 3.05) is 38.0 Å². The van der Waals surface area contributed by atoms with Crippen LogP contribution in [0.25, 0.3) is 10.8 Å². The lowest BCUT2D eigenvalue weighted by atomic mass is 9.95. The first-order chi connectivity index (χ1) is 11.5. The van der Waals surface area contributed by atoms with Gasteiger partial charge in [0.2, 0.25) is 0 Å². The number of hydrogen-bond donors (Lipinski definition) is 1. The number of fused-ring (bicyclic) bond motifs is 1. The molecule has 0 amide bonds. The summed E-state index contributed by atoms with van der Waals surface area (Å²) < 4.78 is 0. The van der Waals surface area contributed by atoms with Crippen molar-refractivity contribution in [1.82, 2.24) is 4.98 Å². The number of pyridine rings is 1. The van der Waals surface area contributed by atoms with Crippen LogP contribution in [0.15, 0.2) is 54.9 Å². The van der Waals surface area contributed by atoms with E-state index >= 15 is 0 Å². The van der Waals surface area contributed by atoms with Crippen molar-refractivity contribution >= 4 is 22.1 Å². The minimum absolute atomic E-state index is 0.690. The van der Waals surface area contributed by atoms with Gasteiger partial charge in [0.25, 0.3) is 0 Å². The number of anilines is 2. The van der Waals surface area contributed by atoms with Crippen LogP contribution in [0, 0.1) is 0 Å². The smallest absolute Gasteiger partial charge is 0.106 e. The van der Waals surface area contributed by atoms with Crippen molar-refractivity contribution in [3.63, 3.8) is 0 Å². The van der Waals surface area contributed by atoms with Gasteiger partial charge in [-0.3, -0.25) is 4.98 Å². The second-order valence-corrected chi connectivity index (χ2v) is 6.35. The van der Waals surface area contributed by atoms with Gasteiger partial charge in [-0.25, -0.2) is 0 Å². The number of rotatable bonds is 4. The fourth-order valence-electron chi connectivity index (χ4n) is 3.16. The molecule has 0 aliphatic rings. The molecule has 4 heteroatoms. The van der Waals surface area contributed by atoms with Crippen molar-refractivity contribution in [1.29, 1.82) is 0 Å². The fourth-order valence-corrected chi connectivity index (χ4v) is 3.16. The summed E-state index contributed by atoms with van der Waals surface area (Å²) in [6, 6.07) is 14.1. The van der Waals surface area contributed by atoms with E-state index < -0.39 is 6.10 Å². The summed E-state index contributed by atoms with van der Waals surface area (Å²) in [5.41, 5.74) is 3.92. The third-order valence-corrected chi connectivity index (χ3v) is 4.27. The van der Waals surface area contributed by atoms with Crippen LogP contribution in [-0.2, 0) is 0 Å². The molecule has 124 valence electrons. The average molecular weight is 321 g/mol. The lowest BCUT2D eigenvalue weighted by Gasteiger charge is -2.26. The molecule has 0 aliphatic carbocycles. The predicted molar refractivity (Wildman–Crippen MR) is 101 cm³/mol. The van der Waals surface area contributed by atoms with Crippen LogP contribution in [0.1, 0.15) is 17.2 Å². The first-order valence-corrected chi connectivity index (χ1v) is 7.99. The third kappa shape index (κ3) is 2.81. The lowest BCUT2D eigenvalue weighted by molar-refractivity contribution is 0.221. The molecule has 3 rings (SSSR count). The van der Waals surface area contributed by atoms with Crippen LogP contribution in [0.2, 0.25) is 0 Å². The zero-order valence-corrected chi connectivity index (χ0v) is 14.6. The molecule has 4 nitrogen and oxygen atoms in total. The van der Waals surface area contributed by atoms with Crippen molar-refractivity contribution in [3.8, 4) is 0 Å². The summed E-state index contributed by atoms with van der Waals surface area (Å²) in [7, 11) is 8.12. The summed E-state index contributed by atoms with van der Waals surface area (Å²) in [6.07, 6.45) is 2.73. The molecular formula is C20H23N3O. The molecular weight excluding hydrogens is 298 g/mol. The van der Waals surface area contributed by atoms with E-state index in [0.29, 0.717) is 0 Å². The Kier molecular flexibility index (Phi) is 4.40. The quantitative estimate of drug-likeness (QED) is 0.799. The highest BCUT2D eigenvalue weighted by Crippen LogP contribution is 2.40. The first kappa shape index (κ1) is 16.3. The fraction of sp³-hybridized carbons (Fsp3) is 0.250. The van der Waals surface area contributed by atoms with Crippen molar-refractivity contribution < 1.29 is 5.11 Å². The Bertz CT molecular complexity index is 844.